The van der Waals surface area contributed by atoms with E-state index in [2.05, 4.69) is 133 Å². The highest BCUT2D eigenvalue weighted by atomic mass is 16.3. The van der Waals surface area contributed by atoms with Crippen LogP contribution in [0.15, 0.2) is 168 Å². The van der Waals surface area contributed by atoms with Crippen LogP contribution in [0.3, 0.4) is 0 Å². The summed E-state index contributed by atoms with van der Waals surface area (Å²) in [5.74, 6) is 1.84. The van der Waals surface area contributed by atoms with Crippen LogP contribution in [0.1, 0.15) is 0 Å². The van der Waals surface area contributed by atoms with Crippen LogP contribution in [0.5, 0.6) is 0 Å². The monoisotopic (exact) mass is 625 g/mol. The molecule has 10 rings (SSSR count). The van der Waals surface area contributed by atoms with Crippen molar-refractivity contribution in [3.8, 4) is 45.3 Å². The van der Waals surface area contributed by atoms with E-state index in [0.717, 1.165) is 60.4 Å². The summed E-state index contributed by atoms with van der Waals surface area (Å²) < 4.78 is 6.28. The Morgan fingerprint density at radius 3 is 1.69 bits per heavy atom. The minimum atomic E-state index is 0.602. The van der Waals surface area contributed by atoms with E-state index in [1.165, 1.54) is 21.7 Å². The molecule has 0 amide bonds. The molecule has 0 atom stereocenters. The van der Waals surface area contributed by atoms with Gasteiger partial charge in [0.15, 0.2) is 17.5 Å². The molecule has 0 aliphatic heterocycles. The molecule has 0 aliphatic rings. The molecule has 0 unspecified atom stereocenters. The van der Waals surface area contributed by atoms with E-state index < -0.39 is 0 Å². The van der Waals surface area contributed by atoms with Crippen molar-refractivity contribution in [1.29, 1.82) is 0 Å². The van der Waals surface area contributed by atoms with Gasteiger partial charge in [-0.2, -0.15) is 0 Å². The van der Waals surface area contributed by atoms with Gasteiger partial charge in [0.25, 0.3) is 0 Å². The molecular weight excluding hydrogens is 599 g/mol. The normalized spacial score (nSPS) is 11.7. The van der Waals surface area contributed by atoms with E-state index in [-0.39, 0.29) is 0 Å². The maximum atomic E-state index is 6.28. The van der Waals surface area contributed by atoms with Crippen molar-refractivity contribution in [1.82, 2.24) is 15.0 Å². The average molecular weight is 626 g/mol. The van der Waals surface area contributed by atoms with E-state index in [1.807, 2.05) is 30.3 Å². The van der Waals surface area contributed by atoms with Crippen molar-refractivity contribution in [2.24, 2.45) is 0 Å². The predicted octanol–water partition coefficient (Wildman–Crippen LogP) is 11.9. The standard InChI is InChI=1S/C45H27N3O/c1-2-13-31-27-32(26-25-28(31)11-1)43-46-44(48-45(47-43)38-22-10-24-40-42(38)36-18-5-6-23-39(36)49-40)37-21-9-16-30-15-8-20-35(41(30)37)34-19-7-14-29-12-3-4-17-33(29)34/h1-27H. The maximum absolute atomic E-state index is 6.28. The zero-order valence-electron chi connectivity index (χ0n) is 26.3. The van der Waals surface area contributed by atoms with E-state index >= 15 is 0 Å². The summed E-state index contributed by atoms with van der Waals surface area (Å²) in [6, 6.07) is 57.0. The van der Waals surface area contributed by atoms with Crippen LogP contribution < -0.4 is 0 Å². The predicted molar refractivity (Wildman–Crippen MR) is 201 cm³/mol. The van der Waals surface area contributed by atoms with Crippen LogP contribution in [0.2, 0.25) is 0 Å². The average Bonchev–Trinajstić information content (AvgIpc) is 3.56. The Hall–Kier alpha value is -6.65. The second-order valence-corrected chi connectivity index (χ2v) is 12.4. The fourth-order valence-corrected chi connectivity index (χ4v) is 7.25. The van der Waals surface area contributed by atoms with Crippen LogP contribution in [-0.4, -0.2) is 15.0 Å². The molecule has 0 spiro atoms. The molecule has 0 aliphatic carbocycles. The Labute approximate surface area is 282 Å². The Bertz CT molecular complexity index is 2890. The van der Waals surface area contributed by atoms with Crippen LogP contribution in [0.4, 0.5) is 0 Å². The molecule has 49 heavy (non-hydrogen) atoms. The molecule has 0 saturated carbocycles. The second-order valence-electron chi connectivity index (χ2n) is 12.4. The van der Waals surface area contributed by atoms with E-state index in [9.17, 15) is 0 Å². The number of aromatic nitrogens is 3. The van der Waals surface area contributed by atoms with Gasteiger partial charge >= 0.3 is 0 Å². The topological polar surface area (TPSA) is 51.8 Å². The van der Waals surface area contributed by atoms with Crippen molar-refractivity contribution in [2.45, 2.75) is 0 Å². The molecule has 0 saturated heterocycles. The minimum Gasteiger partial charge on any atom is -0.456 e. The van der Waals surface area contributed by atoms with Gasteiger partial charge in [-0.15, -0.1) is 0 Å². The molecule has 4 heteroatoms. The molecule has 0 radical (unpaired) electrons. The van der Waals surface area contributed by atoms with Crippen LogP contribution in [0, 0.1) is 0 Å². The summed E-state index contributed by atoms with van der Waals surface area (Å²) in [5, 5.41) is 8.98. The van der Waals surface area contributed by atoms with E-state index in [4.69, 9.17) is 19.4 Å². The summed E-state index contributed by atoms with van der Waals surface area (Å²) in [6.45, 7) is 0. The fraction of sp³-hybridized carbons (Fsp3) is 0. The lowest BCUT2D eigenvalue weighted by molar-refractivity contribution is 0.669. The van der Waals surface area contributed by atoms with Gasteiger partial charge in [-0.25, -0.2) is 15.0 Å². The molecular formula is C45H27N3O. The zero-order valence-corrected chi connectivity index (χ0v) is 26.3. The largest absolute Gasteiger partial charge is 0.456 e. The summed E-state index contributed by atoms with van der Waals surface area (Å²) >= 11 is 0. The number of hydrogen-bond donors (Lipinski definition) is 0. The highest BCUT2D eigenvalue weighted by Crippen LogP contribution is 2.40. The quantitative estimate of drug-likeness (QED) is 0.195. The van der Waals surface area contributed by atoms with Gasteiger partial charge in [0.05, 0.1) is 0 Å². The Morgan fingerprint density at radius 1 is 0.327 bits per heavy atom. The highest BCUT2D eigenvalue weighted by Gasteiger charge is 2.20. The number of benzene rings is 8. The number of para-hydroxylation sites is 1. The van der Waals surface area contributed by atoms with Gasteiger partial charge in [0, 0.05) is 32.8 Å². The Balaban J connectivity index is 1.28. The molecule has 10 aromatic rings. The summed E-state index contributed by atoms with van der Waals surface area (Å²) in [5.41, 5.74) is 6.75. The maximum Gasteiger partial charge on any atom is 0.164 e. The Kier molecular flexibility index (Phi) is 6.15. The number of nitrogens with zero attached hydrogens (tertiary/aromatic N) is 3. The first-order valence-corrected chi connectivity index (χ1v) is 16.4. The van der Waals surface area contributed by atoms with Gasteiger partial charge in [-0.05, 0) is 56.3 Å². The number of furan rings is 1. The van der Waals surface area contributed by atoms with Gasteiger partial charge < -0.3 is 4.42 Å². The fourth-order valence-electron chi connectivity index (χ4n) is 7.25. The molecule has 2 aromatic heterocycles. The molecule has 0 fully saturated rings. The third-order valence-electron chi connectivity index (χ3n) is 9.51. The van der Waals surface area contributed by atoms with Crippen LogP contribution >= 0.6 is 0 Å². The Morgan fingerprint density at radius 2 is 0.878 bits per heavy atom. The SMILES string of the molecule is c1ccc2cc(-c3nc(-c4cccc5cccc(-c6cccc7ccccc67)c45)nc(-c4cccc5oc6ccccc6c45)n3)ccc2c1. The van der Waals surface area contributed by atoms with Gasteiger partial charge in [0.1, 0.15) is 11.2 Å². The second kappa shape index (κ2) is 11.0. The lowest BCUT2D eigenvalue weighted by Crippen LogP contribution is -2.01. The van der Waals surface area contributed by atoms with Crippen LogP contribution in [-0.2, 0) is 0 Å². The van der Waals surface area contributed by atoms with Gasteiger partial charge in [-0.3, -0.25) is 0 Å². The first-order chi connectivity index (χ1) is 24.3. The summed E-state index contributed by atoms with van der Waals surface area (Å²) in [7, 11) is 0. The first kappa shape index (κ1) is 27.5. The summed E-state index contributed by atoms with van der Waals surface area (Å²) in [6.07, 6.45) is 0. The number of hydrogen-bond acceptors (Lipinski definition) is 4. The number of fused-ring (bicyclic) bond motifs is 6. The minimum absolute atomic E-state index is 0.602. The van der Waals surface area contributed by atoms with Crippen LogP contribution in [0.25, 0.3) is 99.5 Å². The third-order valence-corrected chi connectivity index (χ3v) is 9.51. The molecule has 228 valence electrons. The van der Waals surface area contributed by atoms with Crippen molar-refractivity contribution in [2.75, 3.05) is 0 Å². The molecule has 2 heterocycles. The summed E-state index contributed by atoms with van der Waals surface area (Å²) in [4.78, 5) is 15.7. The van der Waals surface area contributed by atoms with Gasteiger partial charge in [0.2, 0.25) is 0 Å². The zero-order chi connectivity index (χ0) is 32.3. The lowest BCUT2D eigenvalue weighted by Gasteiger charge is -2.15. The van der Waals surface area contributed by atoms with E-state index in [1.54, 1.807) is 0 Å². The van der Waals surface area contributed by atoms with Crippen molar-refractivity contribution >= 4 is 54.3 Å². The molecule has 8 aromatic carbocycles. The van der Waals surface area contributed by atoms with Crippen molar-refractivity contribution in [3.05, 3.63) is 164 Å². The molecule has 4 nitrogen and oxygen atoms in total. The smallest absolute Gasteiger partial charge is 0.164 e. The van der Waals surface area contributed by atoms with Crippen molar-refractivity contribution < 1.29 is 4.42 Å². The lowest BCUT2D eigenvalue weighted by atomic mass is 9.91. The molecule has 0 bridgehead atoms. The third kappa shape index (κ3) is 4.49. The van der Waals surface area contributed by atoms with E-state index in [0.29, 0.717) is 17.5 Å². The first-order valence-electron chi connectivity index (χ1n) is 16.4. The van der Waals surface area contributed by atoms with Gasteiger partial charge in [-0.1, -0.05) is 146 Å². The highest BCUT2D eigenvalue weighted by molar-refractivity contribution is 6.13. The number of rotatable bonds is 4. The van der Waals surface area contributed by atoms with Crippen molar-refractivity contribution in [3.63, 3.8) is 0 Å². The molecule has 0 N–H and O–H groups in total.